The molecule has 4 aromatic rings. The van der Waals surface area contributed by atoms with Crippen molar-refractivity contribution in [3.05, 3.63) is 105 Å². The molecule has 0 spiro atoms. The van der Waals surface area contributed by atoms with E-state index >= 15 is 0 Å². The maximum absolute atomic E-state index is 13.2. The van der Waals surface area contributed by atoms with E-state index in [1.807, 2.05) is 49.4 Å². The molecule has 7 heteroatoms. The Bertz CT molecular complexity index is 1540. The Kier molecular flexibility index (Phi) is 7.77. The highest BCUT2D eigenvalue weighted by Gasteiger charge is 2.35. The zero-order valence-corrected chi connectivity index (χ0v) is 24.0. The second-order valence-corrected chi connectivity index (χ2v) is 11.6. The van der Waals surface area contributed by atoms with E-state index in [-0.39, 0.29) is 24.3 Å². The molecule has 1 aliphatic rings. The summed E-state index contributed by atoms with van der Waals surface area (Å²) in [5.74, 6) is 0.847. The molecular weight excluding hydrogens is 560 g/mol. The number of halogens is 1. The minimum Gasteiger partial charge on any atom is -0.491 e. The summed E-state index contributed by atoms with van der Waals surface area (Å²) in [7, 11) is 0. The van der Waals surface area contributed by atoms with Gasteiger partial charge in [0.05, 0.1) is 11.4 Å². The van der Waals surface area contributed by atoms with Gasteiger partial charge >= 0.3 is 0 Å². The second kappa shape index (κ2) is 11.2. The summed E-state index contributed by atoms with van der Waals surface area (Å²) in [4.78, 5) is 27.7. The third-order valence-corrected chi connectivity index (χ3v) is 8.05. The number of nitrogens with zero attached hydrogens (tertiary/aromatic N) is 2. The summed E-state index contributed by atoms with van der Waals surface area (Å²) >= 11 is 4.48. The Morgan fingerprint density at radius 3 is 2.55 bits per heavy atom. The van der Waals surface area contributed by atoms with Gasteiger partial charge in [0.25, 0.3) is 11.1 Å². The van der Waals surface area contributed by atoms with E-state index in [1.54, 1.807) is 0 Å². The van der Waals surface area contributed by atoms with Crippen LogP contribution in [0.4, 0.5) is 4.79 Å². The van der Waals surface area contributed by atoms with Crippen LogP contribution in [0.2, 0.25) is 0 Å². The Balaban J connectivity index is 1.33. The van der Waals surface area contributed by atoms with Crippen molar-refractivity contribution in [2.45, 2.75) is 33.2 Å². The van der Waals surface area contributed by atoms with E-state index in [4.69, 9.17) is 4.74 Å². The highest BCUT2D eigenvalue weighted by molar-refractivity contribution is 9.10. The Morgan fingerprint density at radius 2 is 1.79 bits per heavy atom. The van der Waals surface area contributed by atoms with Gasteiger partial charge in [0.2, 0.25) is 0 Å². The fraction of sp³-hybridized carbons (Fsp3) is 0.226. The third-order valence-electron chi connectivity index (χ3n) is 6.61. The quantitative estimate of drug-likeness (QED) is 0.196. The second-order valence-electron chi connectivity index (χ2n) is 9.73. The summed E-state index contributed by atoms with van der Waals surface area (Å²) in [6, 6.07) is 22.5. The number of hydrogen-bond acceptors (Lipinski definition) is 4. The fourth-order valence-corrected chi connectivity index (χ4v) is 5.75. The third kappa shape index (κ3) is 5.59. The number of imide groups is 1. The molecular formula is C31H29BrN2O3S. The minimum absolute atomic E-state index is 0.207. The lowest BCUT2D eigenvalue weighted by atomic mass is 10.0. The van der Waals surface area contributed by atoms with Gasteiger partial charge in [0, 0.05) is 33.7 Å². The number of carbonyl (C=O) groups excluding carboxylic acids is 2. The number of thioether (sulfide) groups is 1. The van der Waals surface area contributed by atoms with Gasteiger partial charge in [0.15, 0.2) is 0 Å². The molecule has 1 aromatic heterocycles. The van der Waals surface area contributed by atoms with Crippen LogP contribution in [0.25, 0.3) is 17.0 Å². The van der Waals surface area contributed by atoms with E-state index < -0.39 is 0 Å². The SMILES string of the molecule is Cc1ccc(C(C)C)c(OCCN2C(=O)S/C(=C\c3cn(Cc4ccc(Br)cc4)c4ccccc34)C2=O)c1. The summed E-state index contributed by atoms with van der Waals surface area (Å²) in [6.07, 6.45) is 3.89. The van der Waals surface area contributed by atoms with Crippen molar-refractivity contribution in [2.75, 3.05) is 13.2 Å². The normalized spacial score (nSPS) is 14.9. The molecule has 2 amide bonds. The molecule has 1 fully saturated rings. The lowest BCUT2D eigenvalue weighted by Gasteiger charge is -2.17. The van der Waals surface area contributed by atoms with Crippen LogP contribution in [0.15, 0.2) is 82.3 Å². The molecule has 0 aliphatic carbocycles. The molecule has 1 saturated heterocycles. The van der Waals surface area contributed by atoms with Crippen LogP contribution in [-0.4, -0.2) is 33.8 Å². The largest absolute Gasteiger partial charge is 0.491 e. The van der Waals surface area contributed by atoms with Crippen molar-refractivity contribution in [2.24, 2.45) is 0 Å². The van der Waals surface area contributed by atoms with Crippen molar-refractivity contribution in [1.82, 2.24) is 9.47 Å². The smallest absolute Gasteiger partial charge is 0.293 e. The molecule has 0 saturated carbocycles. The van der Waals surface area contributed by atoms with Crippen LogP contribution in [-0.2, 0) is 11.3 Å². The van der Waals surface area contributed by atoms with Gasteiger partial charge in [-0.25, -0.2) is 0 Å². The number of rotatable bonds is 8. The first kappa shape index (κ1) is 26.3. The first-order valence-corrected chi connectivity index (χ1v) is 14.2. The molecule has 38 heavy (non-hydrogen) atoms. The minimum atomic E-state index is -0.276. The zero-order valence-electron chi connectivity index (χ0n) is 21.6. The van der Waals surface area contributed by atoms with Gasteiger partial charge < -0.3 is 9.30 Å². The number of fused-ring (bicyclic) bond motifs is 1. The van der Waals surface area contributed by atoms with Crippen LogP contribution >= 0.6 is 27.7 Å². The highest BCUT2D eigenvalue weighted by Crippen LogP contribution is 2.34. The first-order valence-electron chi connectivity index (χ1n) is 12.6. The van der Waals surface area contributed by atoms with Crippen LogP contribution < -0.4 is 4.74 Å². The summed E-state index contributed by atoms with van der Waals surface area (Å²) in [5.41, 5.74) is 5.39. The number of amides is 2. The average Bonchev–Trinajstić information content (AvgIpc) is 3.37. The van der Waals surface area contributed by atoms with Gasteiger partial charge in [-0.05, 0) is 71.6 Å². The number of ether oxygens (including phenoxy) is 1. The number of para-hydroxylation sites is 1. The van der Waals surface area contributed by atoms with E-state index in [9.17, 15) is 9.59 Å². The van der Waals surface area contributed by atoms with Crippen LogP contribution in [0, 0.1) is 6.92 Å². The van der Waals surface area contributed by atoms with Gasteiger partial charge in [-0.3, -0.25) is 14.5 Å². The van der Waals surface area contributed by atoms with Crippen molar-refractivity contribution in [3.8, 4) is 5.75 Å². The van der Waals surface area contributed by atoms with E-state index in [2.05, 4.69) is 70.9 Å². The molecule has 2 heterocycles. The molecule has 1 aliphatic heterocycles. The lowest BCUT2D eigenvalue weighted by Crippen LogP contribution is -2.32. The lowest BCUT2D eigenvalue weighted by molar-refractivity contribution is -0.123. The maximum Gasteiger partial charge on any atom is 0.293 e. The first-order chi connectivity index (χ1) is 18.3. The fourth-order valence-electron chi connectivity index (χ4n) is 4.63. The number of hydrogen-bond donors (Lipinski definition) is 0. The Hall–Kier alpha value is -3.29. The summed E-state index contributed by atoms with van der Waals surface area (Å²) in [5, 5.41) is 0.775. The monoisotopic (exact) mass is 588 g/mol. The molecule has 0 atom stereocenters. The van der Waals surface area contributed by atoms with Gasteiger partial charge in [-0.15, -0.1) is 0 Å². The molecule has 3 aromatic carbocycles. The Labute approximate surface area is 235 Å². The molecule has 0 bridgehead atoms. The number of carbonyl (C=O) groups is 2. The van der Waals surface area contributed by atoms with Crippen molar-refractivity contribution in [3.63, 3.8) is 0 Å². The van der Waals surface area contributed by atoms with Crippen molar-refractivity contribution >= 4 is 55.8 Å². The zero-order chi connectivity index (χ0) is 26.8. The predicted octanol–water partition coefficient (Wildman–Crippen LogP) is 8.00. The average molecular weight is 590 g/mol. The predicted molar refractivity (Wildman–Crippen MR) is 159 cm³/mol. The molecule has 0 radical (unpaired) electrons. The van der Waals surface area contributed by atoms with Crippen LogP contribution in [0.5, 0.6) is 5.75 Å². The van der Waals surface area contributed by atoms with Crippen LogP contribution in [0.3, 0.4) is 0 Å². The number of benzene rings is 3. The molecule has 5 nitrogen and oxygen atoms in total. The van der Waals surface area contributed by atoms with Crippen molar-refractivity contribution < 1.29 is 14.3 Å². The topological polar surface area (TPSA) is 51.5 Å². The molecule has 0 N–H and O–H groups in total. The van der Waals surface area contributed by atoms with E-state index in [0.717, 1.165) is 49.6 Å². The van der Waals surface area contributed by atoms with Gasteiger partial charge in [0.1, 0.15) is 12.4 Å². The Morgan fingerprint density at radius 1 is 1.03 bits per heavy atom. The van der Waals surface area contributed by atoms with Crippen molar-refractivity contribution in [1.29, 1.82) is 0 Å². The molecule has 0 unspecified atom stereocenters. The molecule has 194 valence electrons. The van der Waals surface area contributed by atoms with E-state index in [0.29, 0.717) is 17.4 Å². The molecule has 5 rings (SSSR count). The summed E-state index contributed by atoms with van der Waals surface area (Å²) < 4.78 is 9.25. The van der Waals surface area contributed by atoms with Gasteiger partial charge in [-0.2, -0.15) is 0 Å². The summed E-state index contributed by atoms with van der Waals surface area (Å²) in [6.45, 7) is 7.43. The number of aromatic nitrogens is 1. The highest BCUT2D eigenvalue weighted by atomic mass is 79.9. The van der Waals surface area contributed by atoms with E-state index in [1.165, 1.54) is 10.5 Å². The standard InChI is InChI=1S/C31H29BrN2O3S/c1-20(2)25-13-8-21(3)16-28(25)37-15-14-34-30(35)29(38-31(34)36)17-23-19-33(27-7-5-4-6-26(23)27)18-22-9-11-24(32)12-10-22/h4-13,16-17,19-20H,14-15,18H2,1-3H3/b29-17-. The number of aryl methyl sites for hydroxylation is 1. The maximum atomic E-state index is 13.2. The van der Waals surface area contributed by atoms with Crippen LogP contribution in [0.1, 0.15) is 42.0 Å². The van der Waals surface area contributed by atoms with Gasteiger partial charge in [-0.1, -0.05) is 72.2 Å².